The van der Waals surface area contributed by atoms with Crippen molar-refractivity contribution < 1.29 is 46.7 Å². The molecule has 2 unspecified atom stereocenters. The Kier molecular flexibility index (Phi) is 9.11. The van der Waals surface area contributed by atoms with Crippen LogP contribution in [0.2, 0.25) is 0 Å². The van der Waals surface area contributed by atoms with E-state index in [1.165, 1.54) is 16.8 Å². The molecule has 0 radical (unpaired) electrons. The van der Waals surface area contributed by atoms with Crippen LogP contribution in [0.3, 0.4) is 0 Å². The summed E-state index contributed by atoms with van der Waals surface area (Å²) in [5.41, 5.74) is 5.73. The number of phosphoric acid groups is 1. The number of halogens is 2. The van der Waals surface area contributed by atoms with Crippen LogP contribution in [0.15, 0.2) is 17.1 Å². The molecule has 0 aliphatic carbocycles. The molecule has 4 rings (SSSR count). The molecule has 232 valence electrons. The number of nitriles is 1. The third-order valence-electron chi connectivity index (χ3n) is 6.83. The number of nitrogens with zero attached hydrogens (tertiary/aromatic N) is 3. The Morgan fingerprint density at radius 1 is 1.45 bits per heavy atom. The second kappa shape index (κ2) is 11.8. The number of nitrogens with two attached hydrogens (primary N) is 1. The first-order chi connectivity index (χ1) is 19.6. The third kappa shape index (κ3) is 5.94. The van der Waals surface area contributed by atoms with Gasteiger partial charge in [0.1, 0.15) is 36.5 Å². The van der Waals surface area contributed by atoms with Crippen LogP contribution in [0.25, 0.3) is 0 Å². The van der Waals surface area contributed by atoms with Crippen LogP contribution in [0.5, 0.6) is 0 Å². The van der Waals surface area contributed by atoms with Crippen molar-refractivity contribution in [3.8, 4) is 6.07 Å². The lowest BCUT2D eigenvalue weighted by molar-refractivity contribution is -0.147. The first-order valence-corrected chi connectivity index (χ1v) is 15.3. The highest BCUT2D eigenvalue weighted by atomic mass is 79.9. The summed E-state index contributed by atoms with van der Waals surface area (Å²) in [6.45, 7) is 5.72. The molecule has 3 aliphatic rings. The van der Waals surface area contributed by atoms with Gasteiger partial charge in [0.2, 0.25) is 16.1 Å². The number of carbonyl (C=O) groups is 2. The number of aliphatic imine (C=N–C) groups is 1. The van der Waals surface area contributed by atoms with Crippen molar-refractivity contribution >= 4 is 41.5 Å². The van der Waals surface area contributed by atoms with Crippen LogP contribution >= 0.6 is 23.8 Å². The van der Waals surface area contributed by atoms with Crippen LogP contribution in [0.1, 0.15) is 45.5 Å². The highest BCUT2D eigenvalue weighted by Gasteiger charge is 2.69. The summed E-state index contributed by atoms with van der Waals surface area (Å²) in [5, 5.41) is 23.5. The fraction of sp³-hybridized carbons (Fsp3) is 0.667. The van der Waals surface area contributed by atoms with E-state index >= 15 is 4.39 Å². The van der Waals surface area contributed by atoms with Crippen molar-refractivity contribution in [2.45, 2.75) is 68.7 Å². The highest BCUT2D eigenvalue weighted by molar-refractivity contribution is 9.10. The van der Waals surface area contributed by atoms with Crippen molar-refractivity contribution in [3.63, 3.8) is 0 Å². The Balaban J connectivity index is 1.45. The number of aromatic nitrogens is 1. The molecule has 42 heavy (non-hydrogen) atoms. The molecular formula is C24H33BrFN6O9P. The number of amidine groups is 1. The molecule has 1 aromatic heterocycles. The number of aliphatic hydroxyl groups is 1. The van der Waals surface area contributed by atoms with Crippen molar-refractivity contribution in [2.75, 3.05) is 31.9 Å². The number of carbonyl (C=O) groups excluding carboxylic acids is 2. The topological polar surface area (TPSA) is 209 Å². The quantitative estimate of drug-likeness (QED) is 0.165. The number of nitrogens with one attached hydrogen (secondary N) is 2. The van der Waals surface area contributed by atoms with Gasteiger partial charge in [-0.3, -0.25) is 27.8 Å². The van der Waals surface area contributed by atoms with E-state index in [2.05, 4.69) is 31.7 Å². The number of fused-ring (bicyclic) bond motifs is 1. The smallest absolute Gasteiger partial charge is 0.463 e. The number of esters is 1. The van der Waals surface area contributed by atoms with E-state index in [1.54, 1.807) is 33.8 Å². The average Bonchev–Trinajstić information content (AvgIpc) is 3.43. The van der Waals surface area contributed by atoms with E-state index in [4.69, 9.17) is 28.8 Å². The maximum Gasteiger partial charge on any atom is 0.475 e. The molecule has 18 heteroatoms. The Hall–Kier alpha value is -2.58. The fourth-order valence-corrected chi connectivity index (χ4v) is 6.98. The van der Waals surface area contributed by atoms with Gasteiger partial charge in [-0.05, 0) is 41.9 Å². The van der Waals surface area contributed by atoms with E-state index in [0.29, 0.717) is 5.69 Å². The van der Waals surface area contributed by atoms with E-state index in [0.717, 1.165) is 0 Å². The van der Waals surface area contributed by atoms with Crippen molar-refractivity contribution in [1.82, 2.24) is 9.99 Å². The molecule has 0 saturated carbocycles. The number of ether oxygens (including phenoxy) is 2. The molecule has 1 aromatic rings. The summed E-state index contributed by atoms with van der Waals surface area (Å²) in [6.07, 6.45) is -5.23. The Labute approximate surface area is 249 Å². The van der Waals surface area contributed by atoms with Gasteiger partial charge in [-0.15, -0.1) is 0 Å². The molecule has 6 atom stereocenters. The van der Waals surface area contributed by atoms with Crippen LogP contribution in [-0.2, 0) is 42.8 Å². The minimum Gasteiger partial charge on any atom is -0.463 e. The zero-order valence-electron chi connectivity index (χ0n) is 23.3. The minimum atomic E-state index is -4.45. The lowest BCUT2D eigenvalue weighted by Crippen LogP contribution is -2.50. The predicted octanol–water partition coefficient (Wildman–Crippen LogP) is 1.27. The second-order valence-corrected chi connectivity index (χ2v) is 13.7. The van der Waals surface area contributed by atoms with Gasteiger partial charge in [0.05, 0.1) is 31.4 Å². The average molecular weight is 679 g/mol. The third-order valence-corrected chi connectivity index (χ3v) is 9.24. The van der Waals surface area contributed by atoms with E-state index in [1.807, 2.05) is 0 Å². The first-order valence-electron chi connectivity index (χ1n) is 13.0. The fourth-order valence-electron chi connectivity index (χ4n) is 4.64. The number of alkyl halides is 2. The second-order valence-electron chi connectivity index (χ2n) is 10.9. The number of hydrogen-bond donors (Lipinski definition) is 4. The zero-order valence-corrected chi connectivity index (χ0v) is 25.8. The molecule has 15 nitrogen and oxygen atoms in total. The number of rotatable bonds is 9. The van der Waals surface area contributed by atoms with Crippen LogP contribution < -0.4 is 16.5 Å². The van der Waals surface area contributed by atoms with Gasteiger partial charge in [0, 0.05) is 12.0 Å². The summed E-state index contributed by atoms with van der Waals surface area (Å²) in [7, 11) is -4.45. The molecule has 4 heterocycles. The molecule has 2 fully saturated rings. The number of hydrogen-bond acceptors (Lipinski definition) is 13. The van der Waals surface area contributed by atoms with E-state index in [-0.39, 0.29) is 43.9 Å². The van der Waals surface area contributed by atoms with E-state index in [9.17, 15) is 24.5 Å². The lowest BCUT2D eigenvalue weighted by atomic mass is 9.87. The highest BCUT2D eigenvalue weighted by Crippen LogP contribution is 2.59. The van der Waals surface area contributed by atoms with Crippen LogP contribution in [0, 0.1) is 16.7 Å². The molecule has 3 aliphatic heterocycles. The molecule has 0 bridgehead atoms. The van der Waals surface area contributed by atoms with E-state index < -0.39 is 60.2 Å². The van der Waals surface area contributed by atoms with Crippen molar-refractivity contribution in [1.29, 1.82) is 5.26 Å². The lowest BCUT2D eigenvalue weighted by Gasteiger charge is -2.39. The molecule has 1 amide bonds. The maximum absolute atomic E-state index is 16.1. The summed E-state index contributed by atoms with van der Waals surface area (Å²) in [5.74, 6) is -1.02. The molecule has 0 aromatic carbocycles. The Bertz CT molecular complexity index is 1350. The maximum atomic E-state index is 16.1. The molecular weight excluding hydrogens is 646 g/mol. The zero-order chi connectivity index (χ0) is 31.1. The minimum absolute atomic E-state index is 0.0219. The summed E-state index contributed by atoms with van der Waals surface area (Å²) in [6, 6.07) is 4.70. The van der Waals surface area contributed by atoms with Crippen molar-refractivity contribution in [3.05, 3.63) is 23.5 Å². The SMILES string of the molecule is CC(C)OC(=O)CCNC(=O)[C@@H]1OP(=O)(OC[C@H]2O[C@@](C#N)(c3ccc4n3NCN=C4N)C(F)(Br)[C@H]2O)OCC1(C)C. The largest absolute Gasteiger partial charge is 0.475 e. The summed E-state index contributed by atoms with van der Waals surface area (Å²) in [4.78, 5) is 28.7. The van der Waals surface area contributed by atoms with Gasteiger partial charge in [0.25, 0.3) is 0 Å². The number of amides is 1. The molecule has 2 saturated heterocycles. The Morgan fingerprint density at radius 3 is 2.83 bits per heavy atom. The van der Waals surface area contributed by atoms with Gasteiger partial charge in [0.15, 0.2) is 6.10 Å². The normalized spacial score (nSPS) is 33.7. The van der Waals surface area contributed by atoms with Crippen LogP contribution in [-0.4, -0.2) is 82.9 Å². The Morgan fingerprint density at radius 2 is 2.17 bits per heavy atom. The monoisotopic (exact) mass is 678 g/mol. The van der Waals surface area contributed by atoms with Gasteiger partial charge < -0.3 is 31.1 Å². The van der Waals surface area contributed by atoms with Gasteiger partial charge >= 0.3 is 13.8 Å². The number of aliphatic hydroxyl groups excluding tert-OH is 1. The van der Waals surface area contributed by atoms with Gasteiger partial charge in [-0.1, -0.05) is 13.8 Å². The van der Waals surface area contributed by atoms with Crippen LogP contribution in [0.4, 0.5) is 4.39 Å². The van der Waals surface area contributed by atoms with Gasteiger partial charge in [-0.25, -0.2) is 13.9 Å². The summed E-state index contributed by atoms with van der Waals surface area (Å²) >= 11 is 2.83. The summed E-state index contributed by atoms with van der Waals surface area (Å²) < 4.78 is 55.0. The first kappa shape index (κ1) is 32.3. The molecule has 5 N–H and O–H groups in total. The number of phosphoric ester groups is 1. The molecule has 0 spiro atoms. The predicted molar refractivity (Wildman–Crippen MR) is 147 cm³/mol. The standard InChI is InChI=1S/C24H33BrFN6O9P/c1-13(2)39-17(33)7-8-29-21(35)19-22(3,4)11-38-42(36,41-19)37-9-15-18(34)24(25,26)23(10-27,40-15)16-6-5-14-20(28)30-12-31-32(14)16/h5-6,13,15,18-19,31,34H,7-9,11-12H2,1-4H3,(H2,28,30)(H,29,35)/t15-,18+,19+,23+,24?,42?/m1/s1. The van der Waals surface area contributed by atoms with Gasteiger partial charge in [-0.2, -0.15) is 5.26 Å². The van der Waals surface area contributed by atoms with Crippen molar-refractivity contribution in [2.24, 2.45) is 16.1 Å².